The van der Waals surface area contributed by atoms with Crippen LogP contribution in [0.5, 0.6) is 0 Å². The first kappa shape index (κ1) is 19.1. The van der Waals surface area contributed by atoms with E-state index < -0.39 is 0 Å². The summed E-state index contributed by atoms with van der Waals surface area (Å²) in [5.74, 6) is 0.135. The van der Waals surface area contributed by atoms with Crippen molar-refractivity contribution >= 4 is 34.5 Å². The number of benzene rings is 1. The van der Waals surface area contributed by atoms with E-state index in [1.54, 1.807) is 11.3 Å². The molecule has 4 rings (SSSR count). The topological polar surface area (TPSA) is 28.5 Å². The summed E-state index contributed by atoms with van der Waals surface area (Å²) >= 11 is 7.86. The lowest BCUT2D eigenvalue weighted by atomic mass is 10.2. The van der Waals surface area contributed by atoms with Crippen molar-refractivity contribution in [1.82, 2.24) is 9.47 Å². The predicted molar refractivity (Wildman–Crippen MR) is 117 cm³/mol. The number of anilines is 1. The molecule has 3 aromatic rings. The van der Waals surface area contributed by atoms with E-state index in [2.05, 4.69) is 46.9 Å². The number of hydrogen-bond donors (Lipinski definition) is 0. The maximum atomic E-state index is 13.2. The Morgan fingerprint density at radius 2 is 1.86 bits per heavy atom. The van der Waals surface area contributed by atoms with Crippen molar-refractivity contribution in [2.24, 2.45) is 0 Å². The second-order valence-corrected chi connectivity index (χ2v) is 8.68. The van der Waals surface area contributed by atoms with E-state index in [0.717, 1.165) is 60.4 Å². The van der Waals surface area contributed by atoms with Crippen LogP contribution < -0.4 is 4.90 Å². The first-order valence-electron chi connectivity index (χ1n) is 9.52. The van der Waals surface area contributed by atoms with Crippen molar-refractivity contribution in [1.29, 1.82) is 0 Å². The number of hydrogen-bond acceptors (Lipinski definition) is 3. The second-order valence-electron chi connectivity index (χ2n) is 7.21. The van der Waals surface area contributed by atoms with Crippen molar-refractivity contribution in [3.63, 3.8) is 0 Å². The van der Waals surface area contributed by atoms with Crippen LogP contribution in [0, 0.1) is 13.8 Å². The van der Waals surface area contributed by atoms with Crippen LogP contribution in [0.15, 0.2) is 47.8 Å². The third-order valence-electron chi connectivity index (χ3n) is 5.44. The van der Waals surface area contributed by atoms with Crippen LogP contribution in [0.4, 0.5) is 5.69 Å². The Morgan fingerprint density at radius 1 is 1.07 bits per heavy atom. The van der Waals surface area contributed by atoms with Gasteiger partial charge in [0.1, 0.15) is 0 Å². The van der Waals surface area contributed by atoms with Crippen LogP contribution in [-0.2, 0) is 6.54 Å². The summed E-state index contributed by atoms with van der Waals surface area (Å²) in [5, 5.41) is 2.84. The standard InChI is InChI=1S/C22H24ClN3OS/c1-16-13-21(17(2)26(16)15-20-7-4-12-28-20)22(27)25-10-8-24(9-11-25)19-6-3-5-18(23)14-19/h3-7,12-14H,8-11,15H2,1-2H3. The minimum atomic E-state index is 0.135. The molecule has 1 aromatic carbocycles. The van der Waals surface area contributed by atoms with E-state index >= 15 is 0 Å². The molecule has 0 radical (unpaired) electrons. The van der Waals surface area contributed by atoms with Crippen LogP contribution >= 0.6 is 22.9 Å². The van der Waals surface area contributed by atoms with Crippen LogP contribution in [-0.4, -0.2) is 41.6 Å². The first-order valence-corrected chi connectivity index (χ1v) is 10.8. The number of aromatic nitrogens is 1. The Labute approximate surface area is 175 Å². The van der Waals surface area contributed by atoms with Gasteiger partial charge >= 0.3 is 0 Å². The molecule has 28 heavy (non-hydrogen) atoms. The second kappa shape index (κ2) is 8.02. The van der Waals surface area contributed by atoms with E-state index in [1.807, 2.05) is 29.2 Å². The van der Waals surface area contributed by atoms with Gasteiger partial charge in [-0.05, 0) is 49.6 Å². The molecule has 6 heteroatoms. The SMILES string of the molecule is Cc1cc(C(=O)N2CCN(c3cccc(Cl)c3)CC2)c(C)n1Cc1cccs1. The van der Waals surface area contributed by atoms with Crippen molar-refractivity contribution in [3.8, 4) is 0 Å². The van der Waals surface area contributed by atoms with Crippen LogP contribution in [0.25, 0.3) is 0 Å². The molecule has 1 aliphatic heterocycles. The van der Waals surface area contributed by atoms with Crippen LogP contribution in [0.3, 0.4) is 0 Å². The third-order valence-corrected chi connectivity index (χ3v) is 6.53. The maximum absolute atomic E-state index is 13.2. The number of thiophene rings is 1. The summed E-state index contributed by atoms with van der Waals surface area (Å²) in [7, 11) is 0. The van der Waals surface area contributed by atoms with E-state index in [4.69, 9.17) is 11.6 Å². The Bertz CT molecular complexity index is 972. The molecular weight excluding hydrogens is 390 g/mol. The van der Waals surface area contributed by atoms with Gasteiger partial charge in [-0.2, -0.15) is 0 Å². The van der Waals surface area contributed by atoms with Gasteiger partial charge < -0.3 is 14.4 Å². The van der Waals surface area contributed by atoms with Gasteiger partial charge in [-0.1, -0.05) is 23.7 Å². The van der Waals surface area contributed by atoms with Gasteiger partial charge in [0.15, 0.2) is 0 Å². The summed E-state index contributed by atoms with van der Waals surface area (Å²) in [4.78, 5) is 18.7. The fourth-order valence-corrected chi connectivity index (χ4v) is 4.71. The minimum absolute atomic E-state index is 0.135. The highest BCUT2D eigenvalue weighted by Gasteiger charge is 2.25. The highest BCUT2D eigenvalue weighted by atomic mass is 35.5. The highest BCUT2D eigenvalue weighted by molar-refractivity contribution is 7.09. The number of nitrogens with zero attached hydrogens (tertiary/aromatic N) is 3. The lowest BCUT2D eigenvalue weighted by Gasteiger charge is -2.36. The molecule has 3 heterocycles. The molecule has 1 aliphatic rings. The van der Waals surface area contributed by atoms with E-state index in [9.17, 15) is 4.79 Å². The van der Waals surface area contributed by atoms with Crippen molar-refractivity contribution in [2.75, 3.05) is 31.1 Å². The number of rotatable bonds is 4. The quantitative estimate of drug-likeness (QED) is 0.612. The van der Waals surface area contributed by atoms with Crippen molar-refractivity contribution in [2.45, 2.75) is 20.4 Å². The Balaban J connectivity index is 1.45. The zero-order chi connectivity index (χ0) is 19.7. The molecule has 0 atom stereocenters. The van der Waals surface area contributed by atoms with Crippen LogP contribution in [0.1, 0.15) is 26.6 Å². The molecule has 4 nitrogen and oxygen atoms in total. The van der Waals surface area contributed by atoms with Gasteiger partial charge in [0.25, 0.3) is 5.91 Å². The zero-order valence-electron chi connectivity index (χ0n) is 16.2. The molecule has 2 aromatic heterocycles. The molecule has 0 unspecified atom stereocenters. The fraction of sp³-hybridized carbons (Fsp3) is 0.318. The summed E-state index contributed by atoms with van der Waals surface area (Å²) < 4.78 is 2.24. The number of halogens is 1. The molecule has 0 N–H and O–H groups in total. The van der Waals surface area contributed by atoms with Gasteiger partial charge in [-0.25, -0.2) is 0 Å². The van der Waals surface area contributed by atoms with E-state index in [0.29, 0.717) is 0 Å². The van der Waals surface area contributed by atoms with Gasteiger partial charge in [0.05, 0.1) is 12.1 Å². The molecule has 0 spiro atoms. The molecule has 0 aliphatic carbocycles. The predicted octanol–water partition coefficient (Wildman–Crippen LogP) is 4.83. The average Bonchev–Trinajstić information content (AvgIpc) is 3.31. The van der Waals surface area contributed by atoms with E-state index in [1.165, 1.54) is 4.88 Å². The molecule has 0 bridgehead atoms. The van der Waals surface area contributed by atoms with Crippen molar-refractivity contribution < 1.29 is 4.79 Å². The monoisotopic (exact) mass is 413 g/mol. The molecule has 0 saturated carbocycles. The largest absolute Gasteiger partial charge is 0.368 e. The summed E-state index contributed by atoms with van der Waals surface area (Å²) in [6.07, 6.45) is 0. The maximum Gasteiger partial charge on any atom is 0.255 e. The summed E-state index contributed by atoms with van der Waals surface area (Å²) in [6.45, 7) is 8.04. The van der Waals surface area contributed by atoms with Gasteiger partial charge in [-0.3, -0.25) is 4.79 Å². The van der Waals surface area contributed by atoms with Crippen LogP contribution in [0.2, 0.25) is 5.02 Å². The minimum Gasteiger partial charge on any atom is -0.368 e. The molecule has 1 fully saturated rings. The average molecular weight is 414 g/mol. The molecule has 146 valence electrons. The Morgan fingerprint density at radius 3 is 2.54 bits per heavy atom. The zero-order valence-corrected chi connectivity index (χ0v) is 17.8. The Kier molecular flexibility index (Phi) is 5.47. The third kappa shape index (κ3) is 3.82. The van der Waals surface area contributed by atoms with Gasteiger partial charge in [0, 0.05) is 53.2 Å². The smallest absolute Gasteiger partial charge is 0.255 e. The molecular formula is C22H24ClN3OS. The summed E-state index contributed by atoms with van der Waals surface area (Å²) in [6, 6.07) is 14.2. The normalized spacial score (nSPS) is 14.5. The fourth-order valence-electron chi connectivity index (χ4n) is 3.83. The summed E-state index contributed by atoms with van der Waals surface area (Å²) in [5.41, 5.74) is 4.12. The number of carbonyl (C=O) groups excluding carboxylic acids is 1. The van der Waals surface area contributed by atoms with Gasteiger partial charge in [0.2, 0.25) is 0 Å². The number of piperazine rings is 1. The lowest BCUT2D eigenvalue weighted by Crippen LogP contribution is -2.48. The van der Waals surface area contributed by atoms with Crippen molar-refractivity contribution in [3.05, 3.63) is 74.7 Å². The van der Waals surface area contributed by atoms with Gasteiger partial charge in [-0.15, -0.1) is 11.3 Å². The number of carbonyl (C=O) groups is 1. The highest BCUT2D eigenvalue weighted by Crippen LogP contribution is 2.23. The molecule has 1 saturated heterocycles. The van der Waals surface area contributed by atoms with E-state index in [-0.39, 0.29) is 5.91 Å². The first-order chi connectivity index (χ1) is 13.5. The molecule has 1 amide bonds. The lowest BCUT2D eigenvalue weighted by molar-refractivity contribution is 0.0746. The Hall–Kier alpha value is -2.24. The number of amides is 1. The number of aryl methyl sites for hydroxylation is 1.